The third-order valence-corrected chi connectivity index (χ3v) is 4.55. The average molecular weight is 356 g/mol. The molecule has 3 rings (SSSR count). The molecular weight excluding hydrogens is 334 g/mol. The van der Waals surface area contributed by atoms with Crippen LogP contribution in [0.5, 0.6) is 0 Å². The number of nitrogens with zero attached hydrogens (tertiary/aromatic N) is 3. The fraction of sp³-hybridized carbons (Fsp3) is 0.300. The number of pyridine rings is 1. The van der Waals surface area contributed by atoms with Crippen LogP contribution < -0.4 is 0 Å². The van der Waals surface area contributed by atoms with Crippen LogP contribution in [0.4, 0.5) is 0 Å². The van der Waals surface area contributed by atoms with Crippen LogP contribution in [0.2, 0.25) is 5.15 Å². The van der Waals surface area contributed by atoms with E-state index in [1.54, 1.807) is 18.3 Å². The number of rotatable bonds is 4. The summed E-state index contributed by atoms with van der Waals surface area (Å²) in [5, 5.41) is 0.406. The molecule has 5 heteroatoms. The minimum Gasteiger partial charge on any atom is -0.337 e. The lowest BCUT2D eigenvalue weighted by molar-refractivity contribution is 0.0761. The molecule has 0 saturated carbocycles. The summed E-state index contributed by atoms with van der Waals surface area (Å²) in [5.74, 6) is 0.0332. The number of benzene rings is 1. The molecule has 0 radical (unpaired) electrons. The topological polar surface area (TPSA) is 36.4 Å². The molecule has 1 aliphatic heterocycles. The number of halogens is 1. The van der Waals surface area contributed by atoms with Gasteiger partial charge in [-0.25, -0.2) is 4.98 Å². The van der Waals surface area contributed by atoms with E-state index in [-0.39, 0.29) is 5.91 Å². The third-order valence-electron chi connectivity index (χ3n) is 4.32. The molecule has 0 spiro atoms. The molecule has 1 amide bonds. The Kier molecular flexibility index (Phi) is 6.20. The maximum absolute atomic E-state index is 12.6. The summed E-state index contributed by atoms with van der Waals surface area (Å²) in [6.07, 6.45) is 6.87. The Morgan fingerprint density at radius 3 is 2.68 bits per heavy atom. The van der Waals surface area contributed by atoms with Crippen LogP contribution in [0.3, 0.4) is 0 Å². The normalized spacial score (nSPS) is 16.1. The van der Waals surface area contributed by atoms with Gasteiger partial charge in [-0.2, -0.15) is 0 Å². The zero-order chi connectivity index (χ0) is 17.5. The first kappa shape index (κ1) is 17.6. The van der Waals surface area contributed by atoms with Crippen LogP contribution in [0, 0.1) is 0 Å². The van der Waals surface area contributed by atoms with Crippen molar-refractivity contribution in [1.29, 1.82) is 0 Å². The van der Waals surface area contributed by atoms with E-state index in [4.69, 9.17) is 11.6 Å². The van der Waals surface area contributed by atoms with Gasteiger partial charge >= 0.3 is 0 Å². The second kappa shape index (κ2) is 8.79. The van der Waals surface area contributed by atoms with Crippen LogP contribution in [-0.4, -0.2) is 53.4 Å². The molecule has 0 N–H and O–H groups in total. The van der Waals surface area contributed by atoms with Crippen molar-refractivity contribution in [2.75, 3.05) is 32.7 Å². The lowest BCUT2D eigenvalue weighted by Crippen LogP contribution is -2.35. The molecule has 2 heterocycles. The molecule has 2 aromatic rings. The number of hydrogen-bond donors (Lipinski definition) is 0. The van der Waals surface area contributed by atoms with Gasteiger partial charge in [-0.3, -0.25) is 9.69 Å². The highest BCUT2D eigenvalue weighted by Gasteiger charge is 2.20. The van der Waals surface area contributed by atoms with E-state index in [1.807, 2.05) is 23.1 Å². The maximum Gasteiger partial charge on any atom is 0.255 e. The summed E-state index contributed by atoms with van der Waals surface area (Å²) in [4.78, 5) is 20.9. The Morgan fingerprint density at radius 1 is 1.08 bits per heavy atom. The van der Waals surface area contributed by atoms with Crippen LogP contribution in [0.25, 0.3) is 6.08 Å². The van der Waals surface area contributed by atoms with Gasteiger partial charge in [0.2, 0.25) is 0 Å². The Bertz CT molecular complexity index is 715. The Labute approximate surface area is 153 Å². The molecule has 0 unspecified atom stereocenters. The van der Waals surface area contributed by atoms with Crippen molar-refractivity contribution >= 4 is 23.6 Å². The van der Waals surface area contributed by atoms with E-state index in [0.29, 0.717) is 10.7 Å². The SMILES string of the molecule is O=C(c1ccc(Cl)nc1)N1CCCN(CC=Cc2ccccc2)CC1. The molecule has 130 valence electrons. The molecule has 0 atom stereocenters. The molecule has 1 fully saturated rings. The summed E-state index contributed by atoms with van der Waals surface area (Å²) < 4.78 is 0. The van der Waals surface area contributed by atoms with Crippen molar-refractivity contribution < 1.29 is 4.79 Å². The summed E-state index contributed by atoms with van der Waals surface area (Å²) >= 11 is 5.79. The van der Waals surface area contributed by atoms with E-state index >= 15 is 0 Å². The van der Waals surface area contributed by atoms with Gasteiger partial charge < -0.3 is 4.90 Å². The van der Waals surface area contributed by atoms with Crippen molar-refractivity contribution in [3.63, 3.8) is 0 Å². The van der Waals surface area contributed by atoms with E-state index in [2.05, 4.69) is 34.2 Å². The maximum atomic E-state index is 12.6. The molecule has 1 aromatic heterocycles. The lowest BCUT2D eigenvalue weighted by Gasteiger charge is -2.21. The summed E-state index contributed by atoms with van der Waals surface area (Å²) in [6, 6.07) is 13.7. The highest BCUT2D eigenvalue weighted by Crippen LogP contribution is 2.11. The Hall–Kier alpha value is -2.17. The second-order valence-corrected chi connectivity index (χ2v) is 6.52. The van der Waals surface area contributed by atoms with Gasteiger partial charge in [0.1, 0.15) is 5.15 Å². The second-order valence-electron chi connectivity index (χ2n) is 6.13. The molecule has 1 aliphatic rings. The number of carbonyl (C=O) groups is 1. The summed E-state index contributed by atoms with van der Waals surface area (Å²) in [7, 11) is 0. The zero-order valence-corrected chi connectivity index (χ0v) is 14.9. The molecule has 1 aromatic carbocycles. The van der Waals surface area contributed by atoms with Crippen LogP contribution in [-0.2, 0) is 0 Å². The molecule has 1 saturated heterocycles. The number of hydrogen-bond acceptors (Lipinski definition) is 3. The molecule has 0 bridgehead atoms. The molecule has 0 aliphatic carbocycles. The first-order chi connectivity index (χ1) is 12.2. The van der Waals surface area contributed by atoms with E-state index < -0.39 is 0 Å². The van der Waals surface area contributed by atoms with Crippen molar-refractivity contribution in [3.05, 3.63) is 71.0 Å². The fourth-order valence-corrected chi connectivity index (χ4v) is 3.06. The van der Waals surface area contributed by atoms with Gasteiger partial charge in [0.05, 0.1) is 5.56 Å². The minimum atomic E-state index is 0.0332. The first-order valence-electron chi connectivity index (χ1n) is 8.57. The van der Waals surface area contributed by atoms with E-state index in [0.717, 1.165) is 39.1 Å². The fourth-order valence-electron chi connectivity index (χ4n) is 2.94. The van der Waals surface area contributed by atoms with Crippen molar-refractivity contribution in [1.82, 2.24) is 14.8 Å². The highest BCUT2D eigenvalue weighted by molar-refractivity contribution is 6.29. The number of aromatic nitrogens is 1. The lowest BCUT2D eigenvalue weighted by atomic mass is 10.2. The van der Waals surface area contributed by atoms with Crippen molar-refractivity contribution in [2.45, 2.75) is 6.42 Å². The average Bonchev–Trinajstić information content (AvgIpc) is 2.88. The van der Waals surface area contributed by atoms with Gasteiger partial charge in [0.15, 0.2) is 0 Å². The van der Waals surface area contributed by atoms with E-state index in [9.17, 15) is 4.79 Å². The van der Waals surface area contributed by atoms with Crippen LogP contribution >= 0.6 is 11.6 Å². The third kappa shape index (κ3) is 5.15. The molecular formula is C20H22ClN3O. The zero-order valence-electron chi connectivity index (χ0n) is 14.1. The largest absolute Gasteiger partial charge is 0.337 e. The number of amides is 1. The Balaban J connectivity index is 1.52. The van der Waals surface area contributed by atoms with Gasteiger partial charge in [0, 0.05) is 38.9 Å². The van der Waals surface area contributed by atoms with Crippen LogP contribution in [0.1, 0.15) is 22.3 Å². The standard InChI is InChI=1S/C20H22ClN3O/c21-19-10-9-18(16-22-19)20(25)24-13-5-12-23(14-15-24)11-4-8-17-6-2-1-3-7-17/h1-4,6-10,16H,5,11-15H2. The summed E-state index contributed by atoms with van der Waals surface area (Å²) in [6.45, 7) is 4.30. The van der Waals surface area contributed by atoms with Gasteiger partial charge in [-0.15, -0.1) is 0 Å². The van der Waals surface area contributed by atoms with Gasteiger partial charge in [0.25, 0.3) is 5.91 Å². The van der Waals surface area contributed by atoms with Crippen molar-refractivity contribution in [3.8, 4) is 0 Å². The molecule has 4 nitrogen and oxygen atoms in total. The van der Waals surface area contributed by atoms with E-state index in [1.165, 1.54) is 5.56 Å². The highest BCUT2D eigenvalue weighted by atomic mass is 35.5. The monoisotopic (exact) mass is 355 g/mol. The Morgan fingerprint density at radius 2 is 1.92 bits per heavy atom. The minimum absolute atomic E-state index is 0.0332. The molecule has 25 heavy (non-hydrogen) atoms. The van der Waals surface area contributed by atoms with Gasteiger partial charge in [-0.1, -0.05) is 54.1 Å². The predicted octanol–water partition coefficient (Wildman–Crippen LogP) is 3.60. The van der Waals surface area contributed by atoms with Crippen molar-refractivity contribution in [2.24, 2.45) is 0 Å². The first-order valence-corrected chi connectivity index (χ1v) is 8.95. The summed E-state index contributed by atoms with van der Waals surface area (Å²) in [5.41, 5.74) is 1.81. The number of carbonyl (C=O) groups excluding carboxylic acids is 1. The smallest absolute Gasteiger partial charge is 0.255 e. The van der Waals surface area contributed by atoms with Crippen LogP contribution in [0.15, 0.2) is 54.7 Å². The predicted molar refractivity (Wildman–Crippen MR) is 102 cm³/mol. The van der Waals surface area contributed by atoms with Gasteiger partial charge in [-0.05, 0) is 24.1 Å². The quantitative estimate of drug-likeness (QED) is 0.786.